The third-order valence-electron chi connectivity index (χ3n) is 2.56. The van der Waals surface area contributed by atoms with Gasteiger partial charge in [-0.3, -0.25) is 10.2 Å². The molecule has 0 spiro atoms. The SMILES string of the molecule is C=CCCCCc1ccc(O)c(C(=O)NN)c1.Cl. The molecule has 0 aliphatic carbocycles. The monoisotopic (exact) mass is 270 g/mol. The van der Waals surface area contributed by atoms with E-state index in [-0.39, 0.29) is 23.7 Å². The van der Waals surface area contributed by atoms with Gasteiger partial charge in [0.15, 0.2) is 0 Å². The molecule has 4 nitrogen and oxygen atoms in total. The van der Waals surface area contributed by atoms with Crippen LogP contribution >= 0.6 is 12.4 Å². The highest BCUT2D eigenvalue weighted by atomic mass is 35.5. The van der Waals surface area contributed by atoms with E-state index in [0.29, 0.717) is 0 Å². The Balaban J connectivity index is 0.00000289. The van der Waals surface area contributed by atoms with Gasteiger partial charge < -0.3 is 5.11 Å². The predicted molar refractivity (Wildman–Crippen MR) is 74.8 cm³/mol. The summed E-state index contributed by atoms with van der Waals surface area (Å²) in [4.78, 5) is 11.4. The number of hydrogen-bond acceptors (Lipinski definition) is 3. The third-order valence-corrected chi connectivity index (χ3v) is 2.56. The van der Waals surface area contributed by atoms with Crippen molar-refractivity contribution in [3.63, 3.8) is 0 Å². The molecule has 0 fully saturated rings. The lowest BCUT2D eigenvalue weighted by molar-refractivity contribution is 0.0951. The number of carbonyl (C=O) groups excluding carboxylic acids is 1. The number of allylic oxidation sites excluding steroid dienone is 1. The summed E-state index contributed by atoms with van der Waals surface area (Å²) in [7, 11) is 0. The van der Waals surface area contributed by atoms with Crippen molar-refractivity contribution in [2.45, 2.75) is 25.7 Å². The Hall–Kier alpha value is -1.52. The van der Waals surface area contributed by atoms with Crippen LogP contribution in [0.3, 0.4) is 0 Å². The molecular weight excluding hydrogens is 252 g/mol. The van der Waals surface area contributed by atoms with Crippen LogP contribution in [0.4, 0.5) is 0 Å². The number of nitrogens with two attached hydrogens (primary N) is 1. The fourth-order valence-corrected chi connectivity index (χ4v) is 1.62. The van der Waals surface area contributed by atoms with Crippen molar-refractivity contribution >= 4 is 18.3 Å². The van der Waals surface area contributed by atoms with Gasteiger partial charge >= 0.3 is 0 Å². The Kier molecular flexibility index (Phi) is 7.83. The van der Waals surface area contributed by atoms with E-state index in [9.17, 15) is 9.90 Å². The lowest BCUT2D eigenvalue weighted by Crippen LogP contribution is -2.30. The summed E-state index contributed by atoms with van der Waals surface area (Å²) in [5.41, 5.74) is 3.25. The summed E-state index contributed by atoms with van der Waals surface area (Å²) < 4.78 is 0. The van der Waals surface area contributed by atoms with Gasteiger partial charge in [-0.05, 0) is 43.4 Å². The van der Waals surface area contributed by atoms with E-state index in [2.05, 4.69) is 6.58 Å². The molecular formula is C13H19ClN2O2. The number of benzene rings is 1. The first kappa shape index (κ1) is 16.5. The second-order valence-corrected chi connectivity index (χ2v) is 3.86. The number of halogens is 1. The van der Waals surface area contributed by atoms with Crippen molar-refractivity contribution in [2.24, 2.45) is 5.84 Å². The molecule has 100 valence electrons. The van der Waals surface area contributed by atoms with Gasteiger partial charge in [-0.25, -0.2) is 5.84 Å². The summed E-state index contributed by atoms with van der Waals surface area (Å²) >= 11 is 0. The van der Waals surface area contributed by atoms with Crippen molar-refractivity contribution in [1.82, 2.24) is 5.43 Å². The van der Waals surface area contributed by atoms with Crippen LogP contribution in [0.5, 0.6) is 5.75 Å². The number of amides is 1. The first-order chi connectivity index (χ1) is 8.19. The number of hydrogen-bond donors (Lipinski definition) is 3. The van der Waals surface area contributed by atoms with Crippen molar-refractivity contribution in [2.75, 3.05) is 0 Å². The number of nitrogen functional groups attached to an aromatic ring is 1. The highest BCUT2D eigenvalue weighted by Crippen LogP contribution is 2.19. The number of aryl methyl sites for hydroxylation is 1. The maximum Gasteiger partial charge on any atom is 0.268 e. The van der Waals surface area contributed by atoms with E-state index in [4.69, 9.17) is 5.84 Å². The van der Waals surface area contributed by atoms with Crippen LogP contribution in [0.25, 0.3) is 0 Å². The van der Waals surface area contributed by atoms with E-state index < -0.39 is 5.91 Å². The zero-order valence-corrected chi connectivity index (χ0v) is 11.0. The molecule has 0 aliphatic heterocycles. The normalized spacial score (nSPS) is 9.39. The quantitative estimate of drug-likeness (QED) is 0.244. The van der Waals surface area contributed by atoms with Gasteiger partial charge in [0.05, 0.1) is 5.56 Å². The minimum absolute atomic E-state index is 0. The lowest BCUT2D eigenvalue weighted by Gasteiger charge is -2.06. The highest BCUT2D eigenvalue weighted by Gasteiger charge is 2.10. The van der Waals surface area contributed by atoms with Crippen LogP contribution in [0.15, 0.2) is 30.9 Å². The average molecular weight is 271 g/mol. The second kappa shape index (κ2) is 8.55. The Labute approximate surface area is 113 Å². The van der Waals surface area contributed by atoms with Crippen LogP contribution in [0.1, 0.15) is 35.2 Å². The zero-order valence-electron chi connectivity index (χ0n) is 10.2. The standard InChI is InChI=1S/C13H18N2O2.ClH/c1-2-3-4-5-6-10-7-8-12(16)11(9-10)13(17)15-14;/h2,7-9,16H,1,3-6,14H2,(H,15,17);1H. The number of carbonyl (C=O) groups is 1. The van der Waals surface area contributed by atoms with Gasteiger partial charge in [-0.1, -0.05) is 12.1 Å². The van der Waals surface area contributed by atoms with Crippen LogP contribution in [0.2, 0.25) is 0 Å². The van der Waals surface area contributed by atoms with Crippen LogP contribution < -0.4 is 11.3 Å². The second-order valence-electron chi connectivity index (χ2n) is 3.86. The molecule has 4 N–H and O–H groups in total. The van der Waals surface area contributed by atoms with E-state index in [1.807, 2.05) is 17.6 Å². The maximum absolute atomic E-state index is 11.4. The highest BCUT2D eigenvalue weighted by molar-refractivity contribution is 5.96. The molecule has 0 aliphatic rings. The molecule has 1 amide bonds. The molecule has 0 aromatic heterocycles. The smallest absolute Gasteiger partial charge is 0.268 e. The Morgan fingerprint density at radius 1 is 1.44 bits per heavy atom. The van der Waals surface area contributed by atoms with Gasteiger partial charge in [-0.2, -0.15) is 0 Å². The maximum atomic E-state index is 11.4. The molecule has 0 radical (unpaired) electrons. The van der Waals surface area contributed by atoms with Crippen LogP contribution in [0, 0.1) is 0 Å². The fraction of sp³-hybridized carbons (Fsp3) is 0.308. The number of hydrazine groups is 1. The van der Waals surface area contributed by atoms with Crippen molar-refractivity contribution in [1.29, 1.82) is 0 Å². The number of aromatic hydroxyl groups is 1. The minimum Gasteiger partial charge on any atom is -0.507 e. The zero-order chi connectivity index (χ0) is 12.7. The van der Waals surface area contributed by atoms with Crippen LogP contribution in [-0.4, -0.2) is 11.0 Å². The van der Waals surface area contributed by atoms with Gasteiger partial charge in [0, 0.05) is 0 Å². The molecule has 0 atom stereocenters. The molecule has 0 saturated carbocycles. The number of nitrogens with one attached hydrogen (secondary N) is 1. The summed E-state index contributed by atoms with van der Waals surface area (Å²) in [6.07, 6.45) is 5.86. The number of rotatable bonds is 6. The van der Waals surface area contributed by atoms with Crippen LogP contribution in [-0.2, 0) is 6.42 Å². The van der Waals surface area contributed by atoms with E-state index >= 15 is 0 Å². The van der Waals surface area contributed by atoms with Crippen molar-refractivity contribution in [3.05, 3.63) is 42.0 Å². The van der Waals surface area contributed by atoms with E-state index in [1.165, 1.54) is 6.07 Å². The Morgan fingerprint density at radius 2 is 2.17 bits per heavy atom. The van der Waals surface area contributed by atoms with Gasteiger partial charge in [-0.15, -0.1) is 19.0 Å². The predicted octanol–water partition coefficient (Wildman–Crippen LogP) is 2.32. The first-order valence-corrected chi connectivity index (χ1v) is 5.62. The lowest BCUT2D eigenvalue weighted by atomic mass is 10.0. The molecule has 0 saturated heterocycles. The van der Waals surface area contributed by atoms with Crippen molar-refractivity contribution in [3.8, 4) is 5.75 Å². The number of phenols is 1. The van der Waals surface area contributed by atoms with E-state index in [0.717, 1.165) is 31.2 Å². The fourth-order valence-electron chi connectivity index (χ4n) is 1.62. The molecule has 5 heteroatoms. The number of unbranched alkanes of at least 4 members (excludes halogenated alkanes) is 2. The molecule has 1 aromatic rings. The Morgan fingerprint density at radius 3 is 2.78 bits per heavy atom. The molecule has 18 heavy (non-hydrogen) atoms. The summed E-state index contributed by atoms with van der Waals surface area (Å²) in [6, 6.07) is 5.01. The molecule has 0 heterocycles. The number of phenolic OH excluding ortho intramolecular Hbond substituents is 1. The largest absolute Gasteiger partial charge is 0.507 e. The average Bonchev–Trinajstić information content (AvgIpc) is 2.35. The summed E-state index contributed by atoms with van der Waals surface area (Å²) in [5.74, 6) is 4.51. The first-order valence-electron chi connectivity index (χ1n) is 5.62. The van der Waals surface area contributed by atoms with E-state index in [1.54, 1.807) is 6.07 Å². The third kappa shape index (κ3) is 4.77. The van der Waals surface area contributed by atoms with Crippen molar-refractivity contribution < 1.29 is 9.90 Å². The molecule has 1 rings (SSSR count). The molecule has 0 unspecified atom stereocenters. The summed E-state index contributed by atoms with van der Waals surface area (Å²) in [6.45, 7) is 3.67. The van der Waals surface area contributed by atoms with Gasteiger partial charge in [0.1, 0.15) is 5.75 Å². The van der Waals surface area contributed by atoms with Gasteiger partial charge in [0.2, 0.25) is 0 Å². The topological polar surface area (TPSA) is 75.3 Å². The molecule has 1 aromatic carbocycles. The van der Waals surface area contributed by atoms with Gasteiger partial charge in [0.25, 0.3) is 5.91 Å². The Bertz CT molecular complexity index is 408. The minimum atomic E-state index is -0.476. The summed E-state index contributed by atoms with van der Waals surface area (Å²) in [5, 5.41) is 9.52. The molecule has 0 bridgehead atoms.